The summed E-state index contributed by atoms with van der Waals surface area (Å²) in [5, 5.41) is 4.47. The van der Waals surface area contributed by atoms with E-state index in [0.717, 1.165) is 5.25 Å². The molecule has 2 saturated heterocycles. The van der Waals surface area contributed by atoms with Crippen LogP contribution in [0.15, 0.2) is 0 Å². The smallest absolute Gasteiger partial charge is 0.0172 e. The van der Waals surface area contributed by atoms with Gasteiger partial charge in [0, 0.05) is 37.2 Å². The summed E-state index contributed by atoms with van der Waals surface area (Å²) < 4.78 is 0. The van der Waals surface area contributed by atoms with Crippen LogP contribution >= 0.6 is 11.8 Å². The Morgan fingerprint density at radius 1 is 1.41 bits per heavy atom. The SMILES string of the molecule is CCCC1(CN2CCSC(CC)C2)CCNC1. The van der Waals surface area contributed by atoms with Crippen molar-refractivity contribution in [3.05, 3.63) is 0 Å². The largest absolute Gasteiger partial charge is 0.316 e. The Morgan fingerprint density at radius 3 is 2.94 bits per heavy atom. The normalized spacial score (nSPS) is 35.3. The maximum Gasteiger partial charge on any atom is 0.0172 e. The second kappa shape index (κ2) is 6.44. The molecule has 0 spiro atoms. The maximum atomic E-state index is 3.58. The van der Waals surface area contributed by atoms with E-state index in [1.165, 1.54) is 64.2 Å². The lowest BCUT2D eigenvalue weighted by Crippen LogP contribution is -2.45. The molecular weight excluding hydrogens is 228 g/mol. The average molecular weight is 256 g/mol. The molecule has 2 unspecified atom stereocenters. The van der Waals surface area contributed by atoms with Crippen LogP contribution in [0.3, 0.4) is 0 Å². The van der Waals surface area contributed by atoms with E-state index in [-0.39, 0.29) is 0 Å². The number of nitrogens with one attached hydrogen (secondary N) is 1. The van der Waals surface area contributed by atoms with E-state index >= 15 is 0 Å². The summed E-state index contributed by atoms with van der Waals surface area (Å²) in [4.78, 5) is 2.74. The molecule has 2 fully saturated rings. The minimum absolute atomic E-state index is 0.592. The molecule has 100 valence electrons. The van der Waals surface area contributed by atoms with Gasteiger partial charge in [-0.2, -0.15) is 11.8 Å². The lowest BCUT2D eigenvalue weighted by molar-refractivity contribution is 0.155. The Balaban J connectivity index is 1.88. The first kappa shape index (κ1) is 13.7. The van der Waals surface area contributed by atoms with Crippen LogP contribution in [0.1, 0.15) is 39.5 Å². The van der Waals surface area contributed by atoms with Crippen molar-refractivity contribution < 1.29 is 0 Å². The lowest BCUT2D eigenvalue weighted by atomic mass is 9.82. The molecule has 0 aromatic heterocycles. The molecule has 1 N–H and O–H groups in total. The van der Waals surface area contributed by atoms with Crippen molar-refractivity contribution in [2.24, 2.45) is 5.41 Å². The van der Waals surface area contributed by atoms with Gasteiger partial charge in [-0.25, -0.2) is 0 Å². The topological polar surface area (TPSA) is 15.3 Å². The van der Waals surface area contributed by atoms with Crippen molar-refractivity contribution in [2.45, 2.75) is 44.8 Å². The van der Waals surface area contributed by atoms with Crippen molar-refractivity contribution in [2.75, 3.05) is 38.5 Å². The molecule has 2 atom stereocenters. The van der Waals surface area contributed by atoms with Crippen LogP contribution in [0.2, 0.25) is 0 Å². The molecule has 0 aliphatic carbocycles. The first-order valence-corrected chi connectivity index (χ1v) is 8.37. The van der Waals surface area contributed by atoms with Gasteiger partial charge < -0.3 is 10.2 Å². The van der Waals surface area contributed by atoms with E-state index in [0.29, 0.717) is 5.41 Å². The third-order valence-electron chi connectivity index (χ3n) is 4.35. The second-order valence-corrected chi connectivity index (χ2v) is 7.22. The first-order chi connectivity index (χ1) is 8.28. The minimum atomic E-state index is 0.592. The third kappa shape index (κ3) is 3.62. The highest BCUT2D eigenvalue weighted by Crippen LogP contribution is 2.33. The molecule has 0 radical (unpaired) electrons. The average Bonchev–Trinajstić information content (AvgIpc) is 2.78. The molecule has 17 heavy (non-hydrogen) atoms. The molecule has 0 bridgehead atoms. The standard InChI is InChI=1S/C14H28N2S/c1-3-5-14(6-7-15-11-14)12-16-8-9-17-13(4-2)10-16/h13,15H,3-12H2,1-2H3. The minimum Gasteiger partial charge on any atom is -0.316 e. The summed E-state index contributed by atoms with van der Waals surface area (Å²) in [6.45, 7) is 11.1. The van der Waals surface area contributed by atoms with E-state index in [9.17, 15) is 0 Å². The highest BCUT2D eigenvalue weighted by Gasteiger charge is 2.35. The summed E-state index contributed by atoms with van der Waals surface area (Å²) in [6, 6.07) is 0. The van der Waals surface area contributed by atoms with Gasteiger partial charge in [0.1, 0.15) is 0 Å². The highest BCUT2D eigenvalue weighted by atomic mass is 32.2. The van der Waals surface area contributed by atoms with E-state index in [2.05, 4.69) is 35.8 Å². The lowest BCUT2D eigenvalue weighted by Gasteiger charge is -2.39. The van der Waals surface area contributed by atoms with E-state index in [1.54, 1.807) is 0 Å². The fraction of sp³-hybridized carbons (Fsp3) is 1.00. The molecule has 2 aliphatic rings. The van der Waals surface area contributed by atoms with Crippen LogP contribution in [0.4, 0.5) is 0 Å². The summed E-state index contributed by atoms with van der Waals surface area (Å²) in [6.07, 6.45) is 5.46. The number of nitrogens with zero attached hydrogens (tertiary/aromatic N) is 1. The van der Waals surface area contributed by atoms with Crippen molar-refractivity contribution in [3.8, 4) is 0 Å². The molecule has 0 aromatic carbocycles. The van der Waals surface area contributed by atoms with Crippen molar-refractivity contribution in [3.63, 3.8) is 0 Å². The van der Waals surface area contributed by atoms with Crippen LogP contribution in [-0.2, 0) is 0 Å². The monoisotopic (exact) mass is 256 g/mol. The van der Waals surface area contributed by atoms with Crippen LogP contribution in [0.5, 0.6) is 0 Å². The van der Waals surface area contributed by atoms with Gasteiger partial charge in [-0.1, -0.05) is 20.3 Å². The molecule has 0 amide bonds. The van der Waals surface area contributed by atoms with Gasteiger partial charge in [-0.05, 0) is 31.2 Å². The van der Waals surface area contributed by atoms with Crippen LogP contribution in [0, 0.1) is 5.41 Å². The third-order valence-corrected chi connectivity index (χ3v) is 5.72. The molecule has 2 heterocycles. The Bertz CT molecular complexity index is 226. The van der Waals surface area contributed by atoms with Gasteiger partial charge in [-0.15, -0.1) is 0 Å². The van der Waals surface area contributed by atoms with Gasteiger partial charge in [0.2, 0.25) is 0 Å². The maximum absolute atomic E-state index is 3.58. The van der Waals surface area contributed by atoms with Gasteiger partial charge >= 0.3 is 0 Å². The van der Waals surface area contributed by atoms with Crippen LogP contribution in [0.25, 0.3) is 0 Å². The molecule has 2 nitrogen and oxygen atoms in total. The molecular formula is C14H28N2S. The van der Waals surface area contributed by atoms with Gasteiger partial charge in [0.05, 0.1) is 0 Å². The van der Waals surface area contributed by atoms with E-state index in [1.807, 2.05) is 0 Å². The first-order valence-electron chi connectivity index (χ1n) is 7.33. The highest BCUT2D eigenvalue weighted by molar-refractivity contribution is 8.00. The van der Waals surface area contributed by atoms with Crippen molar-refractivity contribution in [1.29, 1.82) is 0 Å². The summed E-state index contributed by atoms with van der Waals surface area (Å²) >= 11 is 2.18. The predicted molar refractivity (Wildman–Crippen MR) is 77.8 cm³/mol. The zero-order valence-electron chi connectivity index (χ0n) is 11.5. The molecule has 3 heteroatoms. The second-order valence-electron chi connectivity index (χ2n) is 5.81. The van der Waals surface area contributed by atoms with Gasteiger partial charge in [0.15, 0.2) is 0 Å². The van der Waals surface area contributed by atoms with Crippen molar-refractivity contribution in [1.82, 2.24) is 10.2 Å². The van der Waals surface area contributed by atoms with Gasteiger partial charge in [0.25, 0.3) is 0 Å². The number of thioether (sulfide) groups is 1. The van der Waals surface area contributed by atoms with Gasteiger partial charge in [-0.3, -0.25) is 0 Å². The Labute approximate surface area is 111 Å². The van der Waals surface area contributed by atoms with E-state index in [4.69, 9.17) is 0 Å². The van der Waals surface area contributed by atoms with Crippen LogP contribution in [-0.4, -0.2) is 48.6 Å². The summed E-state index contributed by atoms with van der Waals surface area (Å²) in [5.74, 6) is 1.34. The van der Waals surface area contributed by atoms with Crippen molar-refractivity contribution >= 4 is 11.8 Å². The van der Waals surface area contributed by atoms with Crippen LogP contribution < -0.4 is 5.32 Å². The molecule has 2 aliphatic heterocycles. The number of hydrogen-bond donors (Lipinski definition) is 1. The molecule has 0 aromatic rings. The number of hydrogen-bond acceptors (Lipinski definition) is 3. The Kier molecular flexibility index (Phi) is 5.19. The molecule has 0 saturated carbocycles. The quantitative estimate of drug-likeness (QED) is 0.814. The Morgan fingerprint density at radius 2 is 2.29 bits per heavy atom. The predicted octanol–water partition coefficient (Wildman–Crippen LogP) is 2.59. The zero-order chi connectivity index (χ0) is 12.1. The summed E-state index contributed by atoms with van der Waals surface area (Å²) in [5.41, 5.74) is 0.592. The fourth-order valence-corrected chi connectivity index (χ4v) is 4.65. The Hall–Kier alpha value is 0.270. The fourth-order valence-electron chi connectivity index (χ4n) is 3.40. The molecule has 2 rings (SSSR count). The zero-order valence-corrected chi connectivity index (χ0v) is 12.3. The van der Waals surface area contributed by atoms with E-state index < -0.39 is 0 Å². The summed E-state index contributed by atoms with van der Waals surface area (Å²) in [7, 11) is 0. The number of rotatable bonds is 5.